The van der Waals surface area contributed by atoms with Gasteiger partial charge in [-0.2, -0.15) is 0 Å². The van der Waals surface area contributed by atoms with Crippen LogP contribution in [0.3, 0.4) is 0 Å². The maximum atomic E-state index is 12.0. The zero-order chi connectivity index (χ0) is 13.8. The third-order valence-corrected chi connectivity index (χ3v) is 3.47. The number of carbonyl (C=O) groups excluding carboxylic acids is 1. The monoisotopic (exact) mass is 302 g/mol. The van der Waals surface area contributed by atoms with E-state index >= 15 is 0 Å². The molecule has 1 unspecified atom stereocenters. The highest BCUT2D eigenvalue weighted by Crippen LogP contribution is 2.15. The molecule has 0 saturated carbocycles. The number of amides is 1. The van der Waals surface area contributed by atoms with E-state index < -0.39 is 4.92 Å². The molecule has 0 spiro atoms. The van der Waals surface area contributed by atoms with Crippen LogP contribution in [0.25, 0.3) is 0 Å². The van der Waals surface area contributed by atoms with Crippen LogP contribution >= 0.6 is 12.4 Å². The molecule has 2 rings (SSSR count). The molecule has 0 bridgehead atoms. The maximum absolute atomic E-state index is 12.0. The van der Waals surface area contributed by atoms with Crippen molar-refractivity contribution in [1.29, 1.82) is 0 Å². The van der Waals surface area contributed by atoms with Gasteiger partial charge in [-0.25, -0.2) is 4.57 Å². The van der Waals surface area contributed by atoms with Gasteiger partial charge in [-0.15, -0.1) is 12.4 Å². The molecule has 1 fully saturated rings. The Morgan fingerprint density at radius 1 is 1.60 bits per heavy atom. The highest BCUT2D eigenvalue weighted by molar-refractivity contribution is 5.93. The van der Waals surface area contributed by atoms with Crippen molar-refractivity contribution in [2.75, 3.05) is 19.6 Å². The van der Waals surface area contributed by atoms with E-state index in [1.807, 2.05) is 0 Å². The van der Waals surface area contributed by atoms with Crippen molar-refractivity contribution >= 4 is 24.1 Å². The predicted molar refractivity (Wildman–Crippen MR) is 77.2 cm³/mol. The number of nitrogens with zero attached hydrogens (tertiary/aromatic N) is 2. The van der Waals surface area contributed by atoms with Crippen LogP contribution in [-0.2, 0) is 7.05 Å². The molecular weight excluding hydrogens is 284 g/mol. The molecule has 1 atom stereocenters. The number of rotatable bonds is 4. The first kappa shape index (κ1) is 16.5. The summed E-state index contributed by atoms with van der Waals surface area (Å²) in [6.07, 6.45) is 2.22. The van der Waals surface area contributed by atoms with Crippen LogP contribution in [0.4, 0.5) is 5.82 Å². The van der Waals surface area contributed by atoms with E-state index in [1.54, 1.807) is 0 Å². The minimum atomic E-state index is -0.498. The lowest BCUT2D eigenvalue weighted by Crippen LogP contribution is -2.38. The summed E-state index contributed by atoms with van der Waals surface area (Å²) in [7, 11) is 1.52. The van der Waals surface area contributed by atoms with Gasteiger partial charge in [-0.1, -0.05) is 0 Å². The standard InChI is InChI=1S/C12H18N4O3.ClH/c1-15-10(4-5-11(15)16(18)19)12(17)14-8-9-3-2-6-13-7-9;/h4-5,9,13H,2-3,6-8H2,1H3,(H,14,17);1H. The molecule has 2 heterocycles. The van der Waals surface area contributed by atoms with Crippen LogP contribution in [0.5, 0.6) is 0 Å². The van der Waals surface area contributed by atoms with Crippen molar-refractivity contribution in [3.05, 3.63) is 27.9 Å². The number of nitrogens with one attached hydrogen (secondary N) is 2. The molecule has 7 nitrogen and oxygen atoms in total. The third kappa shape index (κ3) is 3.71. The van der Waals surface area contributed by atoms with Gasteiger partial charge in [0.2, 0.25) is 0 Å². The van der Waals surface area contributed by atoms with Gasteiger partial charge in [0.15, 0.2) is 5.69 Å². The molecule has 1 amide bonds. The first-order valence-corrected chi connectivity index (χ1v) is 6.38. The lowest BCUT2D eigenvalue weighted by molar-refractivity contribution is -0.391. The molecule has 112 valence electrons. The van der Waals surface area contributed by atoms with E-state index in [0.717, 1.165) is 25.9 Å². The number of piperidine rings is 1. The number of hydrogen-bond acceptors (Lipinski definition) is 4. The van der Waals surface area contributed by atoms with Crippen LogP contribution in [0.1, 0.15) is 23.3 Å². The first-order chi connectivity index (χ1) is 9.09. The van der Waals surface area contributed by atoms with Crippen LogP contribution < -0.4 is 10.6 Å². The minimum absolute atomic E-state index is 0. The van der Waals surface area contributed by atoms with Gasteiger partial charge < -0.3 is 20.7 Å². The van der Waals surface area contributed by atoms with Crippen molar-refractivity contribution in [3.8, 4) is 0 Å². The minimum Gasteiger partial charge on any atom is -0.358 e. The van der Waals surface area contributed by atoms with E-state index in [4.69, 9.17) is 0 Å². The second-order valence-corrected chi connectivity index (χ2v) is 4.82. The van der Waals surface area contributed by atoms with Crippen molar-refractivity contribution in [2.45, 2.75) is 12.8 Å². The smallest absolute Gasteiger partial charge is 0.323 e. The van der Waals surface area contributed by atoms with E-state index in [2.05, 4.69) is 10.6 Å². The summed E-state index contributed by atoms with van der Waals surface area (Å²) < 4.78 is 1.30. The van der Waals surface area contributed by atoms with Crippen LogP contribution in [0, 0.1) is 16.0 Å². The first-order valence-electron chi connectivity index (χ1n) is 6.38. The van der Waals surface area contributed by atoms with Crippen molar-refractivity contribution in [3.63, 3.8) is 0 Å². The summed E-state index contributed by atoms with van der Waals surface area (Å²) in [5, 5.41) is 16.8. The number of carbonyl (C=O) groups is 1. The van der Waals surface area contributed by atoms with Crippen molar-refractivity contribution < 1.29 is 9.72 Å². The topological polar surface area (TPSA) is 89.2 Å². The number of aromatic nitrogens is 1. The number of halogens is 1. The lowest BCUT2D eigenvalue weighted by Gasteiger charge is -2.22. The molecule has 2 N–H and O–H groups in total. The molecule has 1 aliphatic heterocycles. The predicted octanol–water partition coefficient (Wildman–Crippen LogP) is 1.08. The fourth-order valence-corrected chi connectivity index (χ4v) is 2.34. The number of nitro groups is 1. The second kappa shape index (κ2) is 7.25. The summed E-state index contributed by atoms with van der Waals surface area (Å²) >= 11 is 0. The summed E-state index contributed by atoms with van der Waals surface area (Å²) in [6.45, 7) is 2.55. The van der Waals surface area contributed by atoms with Gasteiger partial charge in [-0.05, 0) is 42.8 Å². The highest BCUT2D eigenvalue weighted by Gasteiger charge is 2.21. The molecule has 0 aliphatic carbocycles. The molecule has 1 aromatic heterocycles. The summed E-state index contributed by atoms with van der Waals surface area (Å²) in [6, 6.07) is 2.82. The van der Waals surface area contributed by atoms with E-state index in [9.17, 15) is 14.9 Å². The van der Waals surface area contributed by atoms with Gasteiger partial charge in [0.25, 0.3) is 5.91 Å². The van der Waals surface area contributed by atoms with Crippen molar-refractivity contribution in [1.82, 2.24) is 15.2 Å². The average molecular weight is 303 g/mol. The van der Waals surface area contributed by atoms with E-state index in [-0.39, 0.29) is 24.1 Å². The Balaban J connectivity index is 0.00000200. The van der Waals surface area contributed by atoms with Crippen molar-refractivity contribution in [2.24, 2.45) is 13.0 Å². The van der Waals surface area contributed by atoms with Crippen LogP contribution in [-0.4, -0.2) is 35.0 Å². The van der Waals surface area contributed by atoms with E-state index in [1.165, 1.54) is 23.7 Å². The zero-order valence-corrected chi connectivity index (χ0v) is 12.1. The summed E-state index contributed by atoms with van der Waals surface area (Å²) in [4.78, 5) is 22.2. The molecule has 1 aliphatic rings. The van der Waals surface area contributed by atoms with Crippen LogP contribution in [0.2, 0.25) is 0 Å². The second-order valence-electron chi connectivity index (χ2n) is 4.82. The van der Waals surface area contributed by atoms with Gasteiger partial charge in [-0.3, -0.25) is 4.79 Å². The molecule has 0 radical (unpaired) electrons. The van der Waals surface area contributed by atoms with Gasteiger partial charge in [0.05, 0.1) is 7.05 Å². The maximum Gasteiger partial charge on any atom is 0.323 e. The molecular formula is C12H19ClN4O3. The van der Waals surface area contributed by atoms with Gasteiger partial charge in [0, 0.05) is 12.6 Å². The number of hydrogen-bond donors (Lipinski definition) is 2. The molecule has 8 heteroatoms. The highest BCUT2D eigenvalue weighted by atomic mass is 35.5. The van der Waals surface area contributed by atoms with Gasteiger partial charge >= 0.3 is 5.82 Å². The Bertz CT molecular complexity index is 483. The fourth-order valence-electron chi connectivity index (χ4n) is 2.34. The third-order valence-electron chi connectivity index (χ3n) is 3.47. The van der Waals surface area contributed by atoms with Gasteiger partial charge in [0.1, 0.15) is 0 Å². The summed E-state index contributed by atoms with van der Waals surface area (Å²) in [5.74, 6) is 0.0959. The normalized spacial score (nSPS) is 18.1. The summed E-state index contributed by atoms with van der Waals surface area (Å²) in [5.41, 5.74) is 0.315. The Labute approximate surface area is 123 Å². The largest absolute Gasteiger partial charge is 0.358 e. The molecule has 20 heavy (non-hydrogen) atoms. The Morgan fingerprint density at radius 3 is 2.90 bits per heavy atom. The Morgan fingerprint density at radius 2 is 2.35 bits per heavy atom. The Kier molecular flexibility index (Phi) is 5.97. The quantitative estimate of drug-likeness (QED) is 0.643. The fraction of sp³-hybridized carbons (Fsp3) is 0.583. The zero-order valence-electron chi connectivity index (χ0n) is 11.3. The van der Waals surface area contributed by atoms with E-state index in [0.29, 0.717) is 18.2 Å². The Hall–Kier alpha value is -1.60. The lowest BCUT2D eigenvalue weighted by atomic mass is 10.00. The molecule has 1 aromatic rings. The average Bonchev–Trinajstić information content (AvgIpc) is 2.79. The SMILES string of the molecule is Cl.Cn1c(C(=O)NCC2CCCNC2)ccc1[N+](=O)[O-]. The molecule has 0 aromatic carbocycles. The molecule has 1 saturated heterocycles. The van der Waals surface area contributed by atoms with Crippen LogP contribution in [0.15, 0.2) is 12.1 Å².